The smallest absolute Gasteiger partial charge is 1.00 e. The molecule has 0 radical (unpaired) electrons. The van der Waals surface area contributed by atoms with E-state index in [0.29, 0.717) is 9.54 Å². The molecule has 149 valence electrons. The van der Waals surface area contributed by atoms with E-state index in [9.17, 15) is 0 Å². The summed E-state index contributed by atoms with van der Waals surface area (Å²) in [6, 6.07) is 21.5. The van der Waals surface area contributed by atoms with Crippen molar-refractivity contribution in [2.45, 2.75) is 29.4 Å². The molecule has 0 amide bonds. The molecule has 1 heterocycles. The second kappa shape index (κ2) is 7.75. The van der Waals surface area contributed by atoms with E-state index in [-0.39, 0.29) is 24.8 Å². The number of fused-ring (bicyclic) bond motifs is 5. The second-order valence-corrected chi connectivity index (χ2v) is 15.0. The van der Waals surface area contributed by atoms with Gasteiger partial charge < -0.3 is 24.8 Å². The molecule has 3 unspecified atom stereocenters. The minimum atomic E-state index is -1.92. The molecular weight excluding hydrogens is 526 g/mol. The average molecular weight is 546 g/mol. The van der Waals surface area contributed by atoms with Gasteiger partial charge in [0, 0.05) is 0 Å². The van der Waals surface area contributed by atoms with E-state index >= 15 is 0 Å². The van der Waals surface area contributed by atoms with E-state index in [0.717, 1.165) is 6.04 Å². The molecule has 0 saturated carbocycles. The molecule has 3 atom stereocenters. The van der Waals surface area contributed by atoms with Crippen LogP contribution in [0.4, 0.5) is 0 Å². The van der Waals surface area contributed by atoms with Crippen molar-refractivity contribution in [1.29, 1.82) is 0 Å². The summed E-state index contributed by atoms with van der Waals surface area (Å²) in [6.45, 7) is 4.59. The molecule has 0 N–H and O–H groups in total. The molecule has 1 aliphatic heterocycles. The summed E-state index contributed by atoms with van der Waals surface area (Å²) < 4.78 is 0.520. The maximum absolute atomic E-state index is 7.31. The largest absolute Gasteiger partial charge is 1.00 e. The van der Waals surface area contributed by atoms with Crippen LogP contribution in [0.1, 0.15) is 51.2 Å². The number of hydrogen-bond donors (Lipinski definition) is 0. The van der Waals surface area contributed by atoms with Crippen molar-refractivity contribution in [2.24, 2.45) is 0 Å². The predicted molar refractivity (Wildman–Crippen MR) is 117 cm³/mol. The first kappa shape index (κ1) is 22.6. The zero-order valence-corrected chi connectivity index (χ0v) is 22.5. The summed E-state index contributed by atoms with van der Waals surface area (Å²) >= 11 is 8.88. The van der Waals surface area contributed by atoms with Crippen LogP contribution in [0.3, 0.4) is 0 Å². The van der Waals surface area contributed by atoms with Crippen LogP contribution in [0, 0.1) is 0 Å². The third kappa shape index (κ3) is 2.81. The Morgan fingerprint density at radius 1 is 0.933 bits per heavy atom. The minimum absolute atomic E-state index is 0. The topological polar surface area (TPSA) is 0 Å². The van der Waals surface area contributed by atoms with Crippen molar-refractivity contribution in [3.05, 3.63) is 88.0 Å². The van der Waals surface area contributed by atoms with Crippen LogP contribution >= 0.6 is 11.1 Å². The summed E-state index contributed by atoms with van der Waals surface area (Å²) in [5.74, 6) is 0.372. The van der Waals surface area contributed by atoms with Crippen LogP contribution in [0.15, 0.2) is 60.2 Å². The standard InChI is InChI=1S/C25H20ClSi.2ClH.Zr/c1-3-27(26)22-14-20-18-10-6-4-9-17(18)13-21(20)24(25(22)27)23-15(2)12-16-8-5-7-11-19(16)23;;;/h4-14,23H,3H2,1-2H3;2*1H;/q;;;+2/p-2. The number of allylic oxidation sites excluding steroid dienone is 1. The Kier molecular flexibility index (Phi) is 5.83. The molecule has 0 fully saturated rings. The average Bonchev–Trinajstić information content (AvgIpc) is 3.01. The molecule has 0 nitrogen and oxygen atoms in total. The zero-order valence-electron chi connectivity index (χ0n) is 16.8. The van der Waals surface area contributed by atoms with Crippen molar-refractivity contribution in [3.8, 4) is 11.1 Å². The number of hydrogen-bond acceptors (Lipinski definition) is 0. The molecule has 0 saturated heterocycles. The van der Waals surface area contributed by atoms with Gasteiger partial charge in [0.15, 0.2) is 0 Å². The zero-order chi connectivity index (χ0) is 19.2. The molecule has 2 aliphatic carbocycles. The molecule has 5 heteroatoms. The third-order valence-electron chi connectivity index (χ3n) is 6.94. The van der Waals surface area contributed by atoms with Crippen molar-refractivity contribution >= 4 is 34.9 Å². The van der Waals surface area contributed by atoms with Crippen LogP contribution in [0.2, 0.25) is 6.04 Å². The number of rotatable bonds is 2. The Bertz CT molecular complexity index is 1220. The van der Waals surface area contributed by atoms with E-state index in [4.69, 9.17) is 11.1 Å². The summed E-state index contributed by atoms with van der Waals surface area (Å²) in [4.78, 5) is 0. The van der Waals surface area contributed by atoms with Gasteiger partial charge in [-0.1, -0.05) is 0 Å². The minimum Gasteiger partial charge on any atom is -1.00 e. The van der Waals surface area contributed by atoms with Crippen LogP contribution in [-0.2, 0) is 24.7 Å². The van der Waals surface area contributed by atoms with E-state index in [1.165, 1.54) is 38.6 Å². The quantitative estimate of drug-likeness (QED) is 0.301. The monoisotopic (exact) mass is 543 g/mol. The van der Waals surface area contributed by atoms with Crippen LogP contribution in [-0.4, -0.2) is 7.38 Å². The van der Waals surface area contributed by atoms with Gasteiger partial charge in [-0.25, -0.2) is 0 Å². The van der Waals surface area contributed by atoms with Crippen molar-refractivity contribution in [1.82, 2.24) is 0 Å². The molecule has 3 aromatic carbocycles. The fourth-order valence-electron chi connectivity index (χ4n) is 5.58. The second-order valence-electron chi connectivity index (χ2n) is 8.30. The van der Waals surface area contributed by atoms with Gasteiger partial charge >= 0.3 is 188 Å². The maximum atomic E-state index is 7.31. The predicted octanol–water partition coefficient (Wildman–Crippen LogP) is -0.508. The first-order valence-electron chi connectivity index (χ1n) is 10.0. The summed E-state index contributed by atoms with van der Waals surface area (Å²) in [5, 5.41) is 3.06. The Morgan fingerprint density at radius 2 is 1.60 bits per heavy atom. The third-order valence-corrected chi connectivity index (χ3v) is 13.7. The van der Waals surface area contributed by atoms with Crippen molar-refractivity contribution in [2.75, 3.05) is 0 Å². The van der Waals surface area contributed by atoms with E-state index in [1.54, 1.807) is 41.0 Å². The Labute approximate surface area is 211 Å². The fourth-order valence-corrected chi connectivity index (χ4v) is 11.2. The van der Waals surface area contributed by atoms with Crippen molar-refractivity contribution in [3.63, 3.8) is 0 Å². The Morgan fingerprint density at radius 3 is 2.33 bits per heavy atom. The molecule has 0 bridgehead atoms. The van der Waals surface area contributed by atoms with Gasteiger partial charge in [-0.2, -0.15) is 0 Å². The van der Waals surface area contributed by atoms with Gasteiger partial charge in [0.2, 0.25) is 0 Å². The van der Waals surface area contributed by atoms with E-state index in [1.807, 2.05) is 0 Å². The maximum Gasteiger partial charge on any atom is -1.00 e. The molecular formula is C25H20Cl3SiZr. The molecule has 6 rings (SSSR count). The number of halogens is 3. The molecule has 0 aromatic heterocycles. The molecule has 0 spiro atoms. The summed E-state index contributed by atoms with van der Waals surface area (Å²) in [7, 11) is -1.92. The van der Waals surface area contributed by atoms with Gasteiger partial charge in [-0.05, 0) is 0 Å². The normalized spacial score (nSPS) is 24.0. The van der Waals surface area contributed by atoms with Gasteiger partial charge in [-0.15, -0.1) is 0 Å². The van der Waals surface area contributed by atoms with Gasteiger partial charge in [-0.3, -0.25) is 0 Å². The van der Waals surface area contributed by atoms with Gasteiger partial charge in [0.1, 0.15) is 0 Å². The van der Waals surface area contributed by atoms with Gasteiger partial charge in [0.25, 0.3) is 0 Å². The molecule has 3 aliphatic rings. The van der Waals surface area contributed by atoms with Gasteiger partial charge in [0.05, 0.1) is 0 Å². The Balaban J connectivity index is 0.00000109. The van der Waals surface area contributed by atoms with Crippen LogP contribution < -0.4 is 35.2 Å². The van der Waals surface area contributed by atoms with Crippen molar-refractivity contribution < 1.29 is 49.5 Å². The fraction of sp³-hybridized carbons (Fsp3) is 0.200. The van der Waals surface area contributed by atoms with Crippen LogP contribution in [0.5, 0.6) is 0 Å². The summed E-state index contributed by atoms with van der Waals surface area (Å²) in [6.07, 6.45) is 2.39. The van der Waals surface area contributed by atoms with E-state index in [2.05, 4.69) is 74.5 Å². The first-order valence-corrected chi connectivity index (χ1v) is 14.7. The molecule has 30 heavy (non-hydrogen) atoms. The van der Waals surface area contributed by atoms with E-state index < -0.39 is 7.38 Å². The molecule has 3 aromatic rings. The summed E-state index contributed by atoms with van der Waals surface area (Å²) in [5.41, 5.74) is 11.9. The SMILES string of the molecule is CC[Si]1(Cl)c2cc3c(c(C4C(C)=Cc5ccccc54)c21)[CH]([Zr+2])c1ccccc1-3.[Cl-].[Cl-]. The van der Waals surface area contributed by atoms with Crippen LogP contribution in [0.25, 0.3) is 17.2 Å². The number of benzene rings is 3. The first-order chi connectivity index (χ1) is 13.6. The Hall–Kier alpha value is -0.630.